The molecule has 40 heavy (non-hydrogen) atoms. The lowest BCUT2D eigenvalue weighted by molar-refractivity contribution is 0.661. The first kappa shape index (κ1) is 22.0. The fourth-order valence-electron chi connectivity index (χ4n) is 7.46. The van der Waals surface area contributed by atoms with Gasteiger partial charge in [-0.2, -0.15) is 0 Å². The normalized spacial score (nSPS) is 13.9. The van der Waals surface area contributed by atoms with Crippen molar-refractivity contribution in [3.8, 4) is 16.8 Å². The Bertz CT molecular complexity index is 2330. The molecular weight excluding hydrogens is 482 g/mol. The Morgan fingerprint density at radius 2 is 1.00 bits per heavy atom. The van der Waals surface area contributed by atoms with E-state index < -0.39 is 0 Å². The molecule has 7 aromatic carbocycles. The Balaban J connectivity index is 1.50. The van der Waals surface area contributed by atoms with Crippen LogP contribution in [0.2, 0.25) is 0 Å². The van der Waals surface area contributed by atoms with Crippen molar-refractivity contribution < 1.29 is 0 Å². The molecule has 0 saturated carbocycles. The summed E-state index contributed by atoms with van der Waals surface area (Å²) in [5.41, 5.74) is 9.22. The average molecular weight is 510 g/mol. The van der Waals surface area contributed by atoms with Crippen LogP contribution in [0.3, 0.4) is 0 Å². The van der Waals surface area contributed by atoms with Crippen molar-refractivity contribution in [1.29, 1.82) is 0 Å². The lowest BCUT2D eigenvalue weighted by Gasteiger charge is -2.22. The highest BCUT2D eigenvalue weighted by Gasteiger charge is 2.35. The van der Waals surface area contributed by atoms with E-state index in [9.17, 15) is 0 Å². The van der Waals surface area contributed by atoms with Crippen molar-refractivity contribution in [2.24, 2.45) is 0 Å². The molecule has 0 aliphatic heterocycles. The summed E-state index contributed by atoms with van der Waals surface area (Å²) in [5.74, 6) is 0. The summed E-state index contributed by atoms with van der Waals surface area (Å²) < 4.78 is 2.43. The number of hydrogen-bond donors (Lipinski definition) is 0. The highest BCUT2D eigenvalue weighted by Crippen LogP contribution is 2.51. The van der Waals surface area contributed by atoms with Crippen molar-refractivity contribution in [3.63, 3.8) is 0 Å². The van der Waals surface area contributed by atoms with Gasteiger partial charge in [-0.15, -0.1) is 0 Å². The summed E-state index contributed by atoms with van der Waals surface area (Å²) in [4.78, 5) is 0. The van der Waals surface area contributed by atoms with E-state index in [4.69, 9.17) is 0 Å². The van der Waals surface area contributed by atoms with Gasteiger partial charge in [0.15, 0.2) is 0 Å². The monoisotopic (exact) mass is 509 g/mol. The van der Waals surface area contributed by atoms with Gasteiger partial charge in [-0.3, -0.25) is 0 Å². The molecule has 0 fully saturated rings. The van der Waals surface area contributed by atoms with Crippen molar-refractivity contribution in [2.75, 3.05) is 0 Å². The van der Waals surface area contributed by atoms with Gasteiger partial charge in [0.25, 0.3) is 0 Å². The summed E-state index contributed by atoms with van der Waals surface area (Å²) in [5, 5.41) is 10.5. The van der Waals surface area contributed by atoms with E-state index in [1.54, 1.807) is 0 Å². The second-order valence-corrected chi connectivity index (χ2v) is 11.8. The second kappa shape index (κ2) is 7.61. The van der Waals surface area contributed by atoms with E-state index >= 15 is 0 Å². The molecule has 1 heteroatoms. The molecule has 0 unspecified atom stereocenters. The molecule has 188 valence electrons. The lowest BCUT2D eigenvalue weighted by Crippen LogP contribution is -2.14. The van der Waals surface area contributed by atoms with E-state index in [1.807, 2.05) is 0 Å². The molecule has 1 aliphatic carbocycles. The zero-order valence-electron chi connectivity index (χ0n) is 22.6. The van der Waals surface area contributed by atoms with E-state index in [1.165, 1.54) is 82.1 Å². The predicted octanol–water partition coefficient (Wildman–Crippen LogP) is 10.5. The SMILES string of the molecule is CC1(C)c2ccccc2-c2cc3c4ccccc4c4cc5c6ccccc6n(-c6ccccc6)c5cc4c3cc21. The molecule has 8 aromatic rings. The maximum atomic E-state index is 2.50. The number of fused-ring (bicyclic) bond motifs is 12. The Morgan fingerprint density at radius 3 is 1.80 bits per heavy atom. The minimum atomic E-state index is -0.0406. The fraction of sp³-hybridized carbons (Fsp3) is 0.0769. The number of rotatable bonds is 1. The third kappa shape index (κ3) is 2.72. The largest absolute Gasteiger partial charge is 0.309 e. The minimum Gasteiger partial charge on any atom is -0.309 e. The molecule has 0 saturated heterocycles. The minimum absolute atomic E-state index is 0.0406. The van der Waals surface area contributed by atoms with Gasteiger partial charge in [0.05, 0.1) is 11.0 Å². The molecule has 9 rings (SSSR count). The van der Waals surface area contributed by atoms with Gasteiger partial charge in [-0.05, 0) is 97.0 Å². The van der Waals surface area contributed by atoms with E-state index in [0.29, 0.717) is 0 Å². The van der Waals surface area contributed by atoms with Crippen LogP contribution >= 0.6 is 0 Å². The molecule has 1 heterocycles. The first-order valence-electron chi connectivity index (χ1n) is 14.1. The first-order chi connectivity index (χ1) is 19.6. The van der Waals surface area contributed by atoms with Crippen molar-refractivity contribution >= 4 is 54.1 Å². The number of benzene rings is 7. The highest BCUT2D eigenvalue weighted by atomic mass is 15.0. The Morgan fingerprint density at radius 1 is 0.400 bits per heavy atom. The van der Waals surface area contributed by atoms with Gasteiger partial charge >= 0.3 is 0 Å². The van der Waals surface area contributed by atoms with Crippen LogP contribution in [0.1, 0.15) is 25.0 Å². The average Bonchev–Trinajstić information content (AvgIpc) is 3.44. The summed E-state index contributed by atoms with van der Waals surface area (Å²) in [6.45, 7) is 4.75. The van der Waals surface area contributed by atoms with Crippen LogP contribution in [0, 0.1) is 0 Å². The van der Waals surface area contributed by atoms with Gasteiger partial charge in [-0.1, -0.05) is 98.8 Å². The Hall–Kier alpha value is -4.88. The van der Waals surface area contributed by atoms with Crippen LogP contribution in [0.4, 0.5) is 0 Å². The summed E-state index contributed by atoms with van der Waals surface area (Å²) >= 11 is 0. The molecule has 1 aliphatic rings. The van der Waals surface area contributed by atoms with Gasteiger partial charge < -0.3 is 4.57 Å². The number of para-hydroxylation sites is 2. The third-order valence-corrected chi connectivity index (χ3v) is 9.35. The maximum absolute atomic E-state index is 2.50. The topological polar surface area (TPSA) is 4.93 Å². The standard InChI is InChI=1S/C39H27N/c1-39(2)35-18-10-8-16-27(35)33-20-29-25-14-6-7-15-26(25)30-21-34-28-17-9-11-19-37(28)40(24-12-4-3-5-13-24)38(34)23-32(30)31(29)22-36(33)39/h3-23H,1-2H3. The fourth-order valence-corrected chi connectivity index (χ4v) is 7.46. The van der Waals surface area contributed by atoms with Crippen LogP contribution in [0.5, 0.6) is 0 Å². The highest BCUT2D eigenvalue weighted by molar-refractivity contribution is 6.29. The number of aromatic nitrogens is 1. The van der Waals surface area contributed by atoms with Gasteiger partial charge in [0, 0.05) is 21.9 Å². The maximum Gasteiger partial charge on any atom is 0.0547 e. The number of nitrogens with zero attached hydrogens (tertiary/aromatic N) is 1. The predicted molar refractivity (Wildman–Crippen MR) is 171 cm³/mol. The summed E-state index contributed by atoms with van der Waals surface area (Å²) in [6, 6.07) is 47.3. The van der Waals surface area contributed by atoms with Crippen LogP contribution in [0.15, 0.2) is 127 Å². The quantitative estimate of drug-likeness (QED) is 0.194. The first-order valence-corrected chi connectivity index (χ1v) is 14.1. The van der Waals surface area contributed by atoms with Crippen LogP contribution in [-0.2, 0) is 5.41 Å². The van der Waals surface area contributed by atoms with Gasteiger partial charge in [-0.25, -0.2) is 0 Å². The van der Waals surface area contributed by atoms with Crippen molar-refractivity contribution in [1.82, 2.24) is 4.57 Å². The van der Waals surface area contributed by atoms with Gasteiger partial charge in [0.2, 0.25) is 0 Å². The Kier molecular flexibility index (Phi) is 4.18. The number of hydrogen-bond acceptors (Lipinski definition) is 0. The van der Waals surface area contributed by atoms with Gasteiger partial charge in [0.1, 0.15) is 0 Å². The van der Waals surface area contributed by atoms with Crippen molar-refractivity contribution in [3.05, 3.63) is 139 Å². The van der Waals surface area contributed by atoms with Crippen LogP contribution in [0.25, 0.3) is 70.9 Å². The zero-order valence-corrected chi connectivity index (χ0v) is 22.6. The molecule has 0 amide bonds. The van der Waals surface area contributed by atoms with Crippen molar-refractivity contribution in [2.45, 2.75) is 19.3 Å². The summed E-state index contributed by atoms with van der Waals surface area (Å²) in [6.07, 6.45) is 0. The molecular formula is C39H27N. The van der Waals surface area contributed by atoms with E-state index in [-0.39, 0.29) is 5.41 Å². The van der Waals surface area contributed by atoms with Crippen LogP contribution < -0.4 is 0 Å². The lowest BCUT2D eigenvalue weighted by atomic mass is 9.81. The van der Waals surface area contributed by atoms with E-state index in [0.717, 1.165) is 0 Å². The summed E-state index contributed by atoms with van der Waals surface area (Å²) in [7, 11) is 0. The molecule has 0 N–H and O–H groups in total. The molecule has 0 spiro atoms. The molecule has 0 atom stereocenters. The van der Waals surface area contributed by atoms with Crippen LogP contribution in [-0.4, -0.2) is 4.57 Å². The molecule has 0 bridgehead atoms. The molecule has 1 aromatic heterocycles. The Labute approximate surface area is 232 Å². The zero-order chi connectivity index (χ0) is 26.6. The smallest absolute Gasteiger partial charge is 0.0547 e. The van der Waals surface area contributed by atoms with E-state index in [2.05, 4.69) is 146 Å². The molecule has 0 radical (unpaired) electrons. The third-order valence-electron chi connectivity index (χ3n) is 9.35. The second-order valence-electron chi connectivity index (χ2n) is 11.8. The molecule has 1 nitrogen and oxygen atoms in total.